The standard InChI is InChI=1S/C26H41N3O5/c1-16(2)10-21(15-30)29(14-19-8-7-9-20(13-19)26(33)34)25(32)23(12-18(5)6)28-24(31)22(27)11-17(3)4/h7-9,13,15-18,21-23H,10-12,14,27H2,1-6H3,(H,28,31)(H,33,34)/t21-,22-,23-/m0/s1. The summed E-state index contributed by atoms with van der Waals surface area (Å²) >= 11 is 0. The maximum atomic E-state index is 13.8. The Morgan fingerprint density at radius 2 is 1.59 bits per heavy atom. The zero-order valence-corrected chi connectivity index (χ0v) is 21.3. The van der Waals surface area contributed by atoms with Crippen molar-refractivity contribution in [1.82, 2.24) is 10.2 Å². The summed E-state index contributed by atoms with van der Waals surface area (Å²) in [5, 5.41) is 12.1. The highest BCUT2D eigenvalue weighted by molar-refractivity contribution is 5.91. The molecule has 1 rings (SSSR count). The van der Waals surface area contributed by atoms with Gasteiger partial charge in [0.2, 0.25) is 11.8 Å². The fourth-order valence-corrected chi connectivity index (χ4v) is 3.88. The van der Waals surface area contributed by atoms with Crippen molar-refractivity contribution in [3.05, 3.63) is 35.4 Å². The summed E-state index contributed by atoms with van der Waals surface area (Å²) in [4.78, 5) is 51.4. The number of rotatable bonds is 14. The molecule has 0 bridgehead atoms. The molecule has 0 aliphatic heterocycles. The van der Waals surface area contributed by atoms with Gasteiger partial charge in [-0.05, 0) is 54.7 Å². The van der Waals surface area contributed by atoms with Gasteiger partial charge in [-0.25, -0.2) is 4.79 Å². The first kappa shape index (κ1) is 29.3. The molecule has 0 aromatic heterocycles. The third-order valence-corrected chi connectivity index (χ3v) is 5.46. The van der Waals surface area contributed by atoms with E-state index in [1.807, 2.05) is 41.5 Å². The number of aldehydes is 1. The van der Waals surface area contributed by atoms with Gasteiger partial charge in [0.05, 0.1) is 17.6 Å². The molecule has 0 unspecified atom stereocenters. The topological polar surface area (TPSA) is 130 Å². The van der Waals surface area contributed by atoms with Gasteiger partial charge in [0.25, 0.3) is 0 Å². The number of carbonyl (C=O) groups excluding carboxylic acids is 3. The predicted molar refractivity (Wildman–Crippen MR) is 132 cm³/mol. The number of carboxylic acids is 1. The van der Waals surface area contributed by atoms with Gasteiger partial charge in [-0.1, -0.05) is 53.7 Å². The van der Waals surface area contributed by atoms with Crippen LogP contribution in [0.1, 0.15) is 76.7 Å². The van der Waals surface area contributed by atoms with Crippen molar-refractivity contribution >= 4 is 24.1 Å². The Morgan fingerprint density at radius 1 is 1.00 bits per heavy atom. The van der Waals surface area contributed by atoms with E-state index >= 15 is 0 Å². The molecule has 0 aliphatic rings. The number of hydrogen-bond donors (Lipinski definition) is 3. The van der Waals surface area contributed by atoms with Gasteiger partial charge in [-0.3, -0.25) is 9.59 Å². The molecule has 190 valence electrons. The van der Waals surface area contributed by atoms with Crippen LogP contribution in [0, 0.1) is 17.8 Å². The van der Waals surface area contributed by atoms with Crippen LogP contribution in [0.4, 0.5) is 0 Å². The largest absolute Gasteiger partial charge is 0.478 e. The molecule has 0 spiro atoms. The summed E-state index contributed by atoms with van der Waals surface area (Å²) in [5.41, 5.74) is 6.74. The molecule has 0 saturated carbocycles. The smallest absolute Gasteiger partial charge is 0.335 e. The minimum Gasteiger partial charge on any atom is -0.478 e. The average molecular weight is 476 g/mol. The molecule has 0 radical (unpaired) electrons. The lowest BCUT2D eigenvalue weighted by molar-refractivity contribution is -0.142. The Labute approximate surface area is 203 Å². The fraction of sp³-hybridized carbons (Fsp3) is 0.615. The third kappa shape index (κ3) is 9.63. The first-order valence-corrected chi connectivity index (χ1v) is 12.0. The zero-order valence-electron chi connectivity index (χ0n) is 21.3. The maximum absolute atomic E-state index is 13.8. The van der Waals surface area contributed by atoms with E-state index < -0.39 is 30.0 Å². The Morgan fingerprint density at radius 3 is 2.09 bits per heavy atom. The molecule has 0 aliphatic carbocycles. The van der Waals surface area contributed by atoms with Crippen molar-refractivity contribution in [1.29, 1.82) is 0 Å². The summed E-state index contributed by atoms with van der Waals surface area (Å²) in [6.45, 7) is 11.8. The molecule has 1 aromatic carbocycles. The highest BCUT2D eigenvalue weighted by atomic mass is 16.4. The number of nitrogens with one attached hydrogen (secondary N) is 1. The second-order valence-corrected chi connectivity index (χ2v) is 10.2. The number of amides is 2. The van der Waals surface area contributed by atoms with E-state index in [1.54, 1.807) is 12.1 Å². The van der Waals surface area contributed by atoms with E-state index in [-0.39, 0.29) is 35.8 Å². The van der Waals surface area contributed by atoms with Crippen molar-refractivity contribution in [2.45, 2.75) is 85.5 Å². The Balaban J connectivity index is 3.31. The second kappa shape index (κ2) is 13.8. The van der Waals surface area contributed by atoms with Crippen molar-refractivity contribution in [3.63, 3.8) is 0 Å². The fourth-order valence-electron chi connectivity index (χ4n) is 3.88. The van der Waals surface area contributed by atoms with Crippen LogP contribution in [0.5, 0.6) is 0 Å². The molecular formula is C26H41N3O5. The normalized spacial score (nSPS) is 14.1. The van der Waals surface area contributed by atoms with Crippen molar-refractivity contribution < 1.29 is 24.3 Å². The molecular weight excluding hydrogens is 434 g/mol. The van der Waals surface area contributed by atoms with Crippen LogP contribution in [-0.4, -0.2) is 52.2 Å². The van der Waals surface area contributed by atoms with E-state index in [2.05, 4.69) is 5.32 Å². The van der Waals surface area contributed by atoms with Crippen LogP contribution in [0.25, 0.3) is 0 Å². The summed E-state index contributed by atoms with van der Waals surface area (Å²) in [7, 11) is 0. The van der Waals surface area contributed by atoms with Gasteiger partial charge in [0.15, 0.2) is 0 Å². The maximum Gasteiger partial charge on any atom is 0.335 e. The molecule has 1 aromatic rings. The van der Waals surface area contributed by atoms with Crippen LogP contribution in [0.3, 0.4) is 0 Å². The van der Waals surface area contributed by atoms with Gasteiger partial charge < -0.3 is 25.9 Å². The third-order valence-electron chi connectivity index (χ3n) is 5.46. The number of carbonyl (C=O) groups is 4. The van der Waals surface area contributed by atoms with Crippen molar-refractivity contribution in [2.24, 2.45) is 23.5 Å². The van der Waals surface area contributed by atoms with E-state index in [9.17, 15) is 24.3 Å². The van der Waals surface area contributed by atoms with Gasteiger partial charge in [0, 0.05) is 6.54 Å². The van der Waals surface area contributed by atoms with Crippen molar-refractivity contribution in [3.8, 4) is 0 Å². The van der Waals surface area contributed by atoms with Crippen LogP contribution in [0.2, 0.25) is 0 Å². The Bertz CT molecular complexity index is 837. The zero-order chi connectivity index (χ0) is 26.0. The summed E-state index contributed by atoms with van der Waals surface area (Å²) < 4.78 is 0. The van der Waals surface area contributed by atoms with Gasteiger partial charge in [-0.2, -0.15) is 0 Å². The number of hydrogen-bond acceptors (Lipinski definition) is 5. The van der Waals surface area contributed by atoms with Crippen LogP contribution >= 0.6 is 0 Å². The van der Waals surface area contributed by atoms with E-state index in [0.717, 1.165) is 6.29 Å². The Kier molecular flexibility index (Phi) is 11.9. The molecule has 4 N–H and O–H groups in total. The molecule has 8 nitrogen and oxygen atoms in total. The van der Waals surface area contributed by atoms with Crippen LogP contribution < -0.4 is 11.1 Å². The highest BCUT2D eigenvalue weighted by Crippen LogP contribution is 2.19. The predicted octanol–water partition coefficient (Wildman–Crippen LogP) is 3.23. The summed E-state index contributed by atoms with van der Waals surface area (Å²) in [5.74, 6) is -1.37. The summed E-state index contributed by atoms with van der Waals surface area (Å²) in [6, 6.07) is 4.01. The average Bonchev–Trinajstić information content (AvgIpc) is 2.74. The minimum absolute atomic E-state index is 0.0542. The Hall–Kier alpha value is -2.74. The quantitative estimate of drug-likeness (QED) is 0.354. The molecule has 0 fully saturated rings. The number of carboxylic acid groups (broad SMARTS) is 1. The molecule has 34 heavy (non-hydrogen) atoms. The molecule has 0 saturated heterocycles. The second-order valence-electron chi connectivity index (χ2n) is 10.2. The van der Waals surface area contributed by atoms with E-state index in [1.165, 1.54) is 17.0 Å². The molecule has 3 atom stereocenters. The van der Waals surface area contributed by atoms with Gasteiger partial charge in [0.1, 0.15) is 12.3 Å². The lowest BCUT2D eigenvalue weighted by Gasteiger charge is -2.34. The van der Waals surface area contributed by atoms with Crippen molar-refractivity contribution in [2.75, 3.05) is 0 Å². The van der Waals surface area contributed by atoms with E-state index in [0.29, 0.717) is 24.8 Å². The monoisotopic (exact) mass is 475 g/mol. The van der Waals surface area contributed by atoms with E-state index in [4.69, 9.17) is 5.73 Å². The van der Waals surface area contributed by atoms with Crippen LogP contribution in [0.15, 0.2) is 24.3 Å². The summed E-state index contributed by atoms with van der Waals surface area (Å²) in [6.07, 6.45) is 2.07. The van der Waals surface area contributed by atoms with Crippen LogP contribution in [-0.2, 0) is 20.9 Å². The number of aromatic carboxylic acids is 1. The number of nitrogens with zero attached hydrogens (tertiary/aromatic N) is 1. The lowest BCUT2D eigenvalue weighted by Crippen LogP contribution is -2.55. The molecule has 2 amide bonds. The minimum atomic E-state index is -1.07. The number of benzene rings is 1. The highest BCUT2D eigenvalue weighted by Gasteiger charge is 2.32. The van der Waals surface area contributed by atoms with Gasteiger partial charge in [-0.15, -0.1) is 0 Å². The lowest BCUT2D eigenvalue weighted by atomic mass is 9.97. The first-order chi connectivity index (χ1) is 15.8. The molecule has 8 heteroatoms. The SMILES string of the molecule is CC(C)C[C@H](NC(=O)[C@@H](N)CC(C)C)C(=O)N(Cc1cccc(C(=O)O)c1)[C@H](C=O)CC(C)C. The number of nitrogens with two attached hydrogens (primary N) is 1. The first-order valence-electron chi connectivity index (χ1n) is 12.0. The van der Waals surface area contributed by atoms with Gasteiger partial charge >= 0.3 is 5.97 Å². The molecule has 0 heterocycles.